The van der Waals surface area contributed by atoms with Crippen LogP contribution in [0.15, 0.2) is 42.5 Å². The van der Waals surface area contributed by atoms with Crippen LogP contribution < -0.4 is 19.5 Å². The van der Waals surface area contributed by atoms with E-state index in [-0.39, 0.29) is 29.1 Å². The maximum Gasteiger partial charge on any atom is 0.343 e. The molecule has 180 valence electrons. The van der Waals surface area contributed by atoms with E-state index < -0.39 is 28.2 Å². The minimum absolute atomic E-state index is 0.00310. The normalized spacial score (nSPS) is 12.7. The molecule has 2 aromatic rings. The molecule has 0 saturated heterocycles. The highest BCUT2D eigenvalue weighted by Gasteiger charge is 2.23. The molecule has 0 fully saturated rings. The molecule has 10 heteroatoms. The molecule has 2 rings (SSSR count). The zero-order valence-corrected chi connectivity index (χ0v) is 20.3. The lowest BCUT2D eigenvalue weighted by molar-refractivity contribution is -0.132. The number of carbonyl (C=O) groups is 2. The first kappa shape index (κ1) is 26.3. The topological polar surface area (TPSA) is 117 Å². The van der Waals surface area contributed by atoms with Gasteiger partial charge in [-0.15, -0.1) is 0 Å². The van der Waals surface area contributed by atoms with Gasteiger partial charge in [0, 0.05) is 19.0 Å². The average Bonchev–Trinajstić information content (AvgIpc) is 2.70. The van der Waals surface area contributed by atoms with Gasteiger partial charge in [-0.05, 0) is 62.7 Å². The van der Waals surface area contributed by atoms with E-state index in [1.165, 1.54) is 38.3 Å². The highest BCUT2D eigenvalue weighted by atomic mass is 32.2. The van der Waals surface area contributed by atoms with Crippen molar-refractivity contribution in [2.24, 2.45) is 0 Å². The number of benzene rings is 2. The van der Waals surface area contributed by atoms with Gasteiger partial charge < -0.3 is 19.5 Å². The third-order valence-corrected chi connectivity index (χ3v) is 4.81. The number of hydrogen-bond donors (Lipinski definition) is 1. The Balaban J connectivity index is 2.36. The molecule has 0 aliphatic heterocycles. The Morgan fingerprint density at radius 2 is 1.64 bits per heavy atom. The van der Waals surface area contributed by atoms with Gasteiger partial charge in [0.1, 0.15) is 11.9 Å². The summed E-state index contributed by atoms with van der Waals surface area (Å²) in [4.78, 5) is 24.2. The second-order valence-corrected chi connectivity index (χ2v) is 9.94. The molecule has 0 aromatic heterocycles. The number of nitrogens with one attached hydrogen (secondary N) is 1. The Kier molecular flexibility index (Phi) is 8.59. The Morgan fingerprint density at radius 1 is 1.00 bits per heavy atom. The minimum atomic E-state index is -3.79. The fourth-order valence-electron chi connectivity index (χ4n) is 2.75. The predicted octanol–water partition coefficient (Wildman–Crippen LogP) is 3.25. The third kappa shape index (κ3) is 8.83. The van der Waals surface area contributed by atoms with Gasteiger partial charge in [-0.2, -0.15) is 8.42 Å². The summed E-state index contributed by atoms with van der Waals surface area (Å²) in [6, 6.07) is 10.7. The lowest BCUT2D eigenvalue weighted by Crippen LogP contribution is -2.39. The van der Waals surface area contributed by atoms with Crippen LogP contribution in [0.5, 0.6) is 17.2 Å². The SMILES string of the molecule is COc1ccc(C(=O)Oc2ccc(C(CNC(C)(C)C)OS(C)(=O)=O)cc2OC(C)=O)cc1. The fourth-order valence-corrected chi connectivity index (χ4v) is 3.35. The summed E-state index contributed by atoms with van der Waals surface area (Å²) >= 11 is 0. The van der Waals surface area contributed by atoms with Gasteiger partial charge in [0.2, 0.25) is 0 Å². The standard InChI is InChI=1S/C23H29NO8S/c1-15(25)30-20-13-17(21(32-33(6,27)28)14-24-23(2,3)4)9-12-19(20)31-22(26)16-7-10-18(29-5)11-8-16/h7-13,21,24H,14H2,1-6H3. The number of carbonyl (C=O) groups excluding carboxylic acids is 2. The van der Waals surface area contributed by atoms with Gasteiger partial charge in [-0.1, -0.05) is 6.07 Å². The Bertz CT molecular complexity index is 1090. The lowest BCUT2D eigenvalue weighted by Gasteiger charge is -2.25. The van der Waals surface area contributed by atoms with Crippen molar-refractivity contribution >= 4 is 22.1 Å². The largest absolute Gasteiger partial charge is 0.497 e. The molecule has 9 nitrogen and oxygen atoms in total. The summed E-state index contributed by atoms with van der Waals surface area (Å²) in [6.07, 6.45) is 0.0505. The first-order valence-electron chi connectivity index (χ1n) is 10.1. The van der Waals surface area contributed by atoms with E-state index in [0.29, 0.717) is 11.3 Å². The molecule has 1 atom stereocenters. The predicted molar refractivity (Wildman–Crippen MR) is 122 cm³/mol. The quantitative estimate of drug-likeness (QED) is 0.328. The summed E-state index contributed by atoms with van der Waals surface area (Å²) in [5.41, 5.74) is 0.380. The zero-order valence-electron chi connectivity index (χ0n) is 19.5. The molecule has 0 radical (unpaired) electrons. The first-order chi connectivity index (χ1) is 15.3. The second kappa shape index (κ2) is 10.8. The Morgan fingerprint density at radius 3 is 2.15 bits per heavy atom. The van der Waals surface area contributed by atoms with Crippen molar-refractivity contribution < 1.29 is 36.4 Å². The van der Waals surface area contributed by atoms with E-state index in [4.69, 9.17) is 18.4 Å². The van der Waals surface area contributed by atoms with E-state index in [0.717, 1.165) is 6.26 Å². The molecule has 33 heavy (non-hydrogen) atoms. The van der Waals surface area contributed by atoms with Crippen LogP contribution >= 0.6 is 0 Å². The van der Waals surface area contributed by atoms with E-state index in [1.54, 1.807) is 18.2 Å². The van der Waals surface area contributed by atoms with E-state index in [2.05, 4.69) is 5.32 Å². The van der Waals surface area contributed by atoms with Crippen LogP contribution in [0.1, 0.15) is 49.7 Å². The molecular formula is C23H29NO8S. The first-order valence-corrected chi connectivity index (χ1v) is 11.9. The second-order valence-electron chi connectivity index (χ2n) is 8.34. The van der Waals surface area contributed by atoms with E-state index >= 15 is 0 Å². The van der Waals surface area contributed by atoms with Gasteiger partial charge in [0.15, 0.2) is 11.5 Å². The molecular weight excluding hydrogens is 450 g/mol. The smallest absolute Gasteiger partial charge is 0.343 e. The number of rotatable bonds is 9. The summed E-state index contributed by atoms with van der Waals surface area (Å²) in [7, 11) is -2.28. The van der Waals surface area contributed by atoms with E-state index in [9.17, 15) is 18.0 Å². The summed E-state index contributed by atoms with van der Waals surface area (Å²) < 4.78 is 44.6. The van der Waals surface area contributed by atoms with Crippen molar-refractivity contribution in [2.45, 2.75) is 39.3 Å². The molecule has 0 amide bonds. The summed E-state index contributed by atoms with van der Waals surface area (Å²) in [5, 5.41) is 3.19. The molecule has 1 unspecified atom stereocenters. The van der Waals surface area contributed by atoms with Crippen molar-refractivity contribution in [2.75, 3.05) is 19.9 Å². The molecule has 0 spiro atoms. The maximum atomic E-state index is 12.6. The summed E-state index contributed by atoms with van der Waals surface area (Å²) in [5.74, 6) is -0.770. The number of esters is 2. The Labute approximate surface area is 194 Å². The van der Waals surface area contributed by atoms with Gasteiger partial charge in [0.05, 0.1) is 18.9 Å². The van der Waals surface area contributed by atoms with Crippen LogP contribution in [0.3, 0.4) is 0 Å². The van der Waals surface area contributed by atoms with Crippen LogP contribution in [0.2, 0.25) is 0 Å². The van der Waals surface area contributed by atoms with Gasteiger partial charge in [-0.3, -0.25) is 8.98 Å². The van der Waals surface area contributed by atoms with Crippen molar-refractivity contribution in [1.29, 1.82) is 0 Å². The van der Waals surface area contributed by atoms with Crippen molar-refractivity contribution in [3.05, 3.63) is 53.6 Å². The molecule has 0 heterocycles. The molecule has 0 aliphatic rings. The molecule has 2 aromatic carbocycles. The van der Waals surface area contributed by atoms with Gasteiger partial charge >= 0.3 is 11.9 Å². The minimum Gasteiger partial charge on any atom is -0.497 e. The number of ether oxygens (including phenoxy) is 3. The molecule has 0 bridgehead atoms. The van der Waals surface area contributed by atoms with Crippen LogP contribution in [0, 0.1) is 0 Å². The third-order valence-electron chi connectivity index (χ3n) is 4.23. The van der Waals surface area contributed by atoms with Crippen molar-refractivity contribution in [3.8, 4) is 17.2 Å². The van der Waals surface area contributed by atoms with Gasteiger partial charge in [-0.25, -0.2) is 4.79 Å². The number of hydrogen-bond acceptors (Lipinski definition) is 9. The highest BCUT2D eigenvalue weighted by Crippen LogP contribution is 2.33. The van der Waals surface area contributed by atoms with Crippen LogP contribution in [0.25, 0.3) is 0 Å². The number of methoxy groups -OCH3 is 1. The van der Waals surface area contributed by atoms with Crippen molar-refractivity contribution in [3.63, 3.8) is 0 Å². The van der Waals surface area contributed by atoms with E-state index in [1.807, 2.05) is 20.8 Å². The average molecular weight is 480 g/mol. The van der Waals surface area contributed by atoms with Gasteiger partial charge in [0.25, 0.3) is 10.1 Å². The highest BCUT2D eigenvalue weighted by molar-refractivity contribution is 7.86. The van der Waals surface area contributed by atoms with Crippen LogP contribution in [0.4, 0.5) is 0 Å². The van der Waals surface area contributed by atoms with Crippen molar-refractivity contribution in [1.82, 2.24) is 5.32 Å². The summed E-state index contributed by atoms with van der Waals surface area (Å²) in [6.45, 7) is 7.15. The monoisotopic (exact) mass is 479 g/mol. The molecule has 1 N–H and O–H groups in total. The van der Waals surface area contributed by atoms with Crippen LogP contribution in [-0.4, -0.2) is 45.8 Å². The molecule has 0 aliphatic carbocycles. The fraction of sp³-hybridized carbons (Fsp3) is 0.391. The lowest BCUT2D eigenvalue weighted by atomic mass is 10.1. The zero-order chi connectivity index (χ0) is 24.8. The Hall–Kier alpha value is -2.95. The molecule has 0 saturated carbocycles. The van der Waals surface area contributed by atoms with Crippen LogP contribution in [-0.2, 0) is 19.1 Å². The maximum absolute atomic E-state index is 12.6.